The Balaban J connectivity index is 2.20. The number of carboxylic acid groups (broad SMARTS) is 1. The lowest BCUT2D eigenvalue weighted by molar-refractivity contribution is -0.147. The van der Waals surface area contributed by atoms with Gasteiger partial charge in [0.15, 0.2) is 0 Å². The van der Waals surface area contributed by atoms with Gasteiger partial charge in [0.25, 0.3) is 5.91 Å². The Morgan fingerprint density at radius 1 is 1.38 bits per heavy atom. The molecule has 0 saturated carbocycles. The Hall–Kier alpha value is -1.92. The lowest BCUT2D eigenvalue weighted by atomic mass is 9.98. The molecule has 0 bridgehead atoms. The van der Waals surface area contributed by atoms with Crippen molar-refractivity contribution < 1.29 is 14.7 Å². The molecule has 2 unspecified atom stereocenters. The highest BCUT2D eigenvalue weighted by atomic mass is 32.2. The standard InChI is InChI=1S/C18H19NO3S2/c1-3-12(2)15(17(21)22)19-16(20)14(24-18(19)23)11-7-10-13-8-5-4-6-9-13/h4-12,15H,3H2,1-2H3,(H,21,22)/b10-7+,14-11-. The molecule has 4 nitrogen and oxygen atoms in total. The number of hydrogen-bond donors (Lipinski definition) is 1. The van der Waals surface area contributed by atoms with Crippen molar-refractivity contribution in [2.45, 2.75) is 26.3 Å². The maximum absolute atomic E-state index is 12.6. The summed E-state index contributed by atoms with van der Waals surface area (Å²) in [6.45, 7) is 3.72. The zero-order valence-corrected chi connectivity index (χ0v) is 15.1. The van der Waals surface area contributed by atoms with Gasteiger partial charge in [-0.3, -0.25) is 9.69 Å². The maximum Gasteiger partial charge on any atom is 0.327 e. The topological polar surface area (TPSA) is 57.6 Å². The smallest absolute Gasteiger partial charge is 0.327 e. The molecule has 1 aromatic carbocycles. The second-order valence-electron chi connectivity index (χ2n) is 5.51. The number of hydrogen-bond acceptors (Lipinski definition) is 4. The van der Waals surface area contributed by atoms with E-state index in [1.165, 1.54) is 4.90 Å². The molecule has 2 rings (SSSR count). The van der Waals surface area contributed by atoms with E-state index in [0.29, 0.717) is 15.6 Å². The van der Waals surface area contributed by atoms with Crippen molar-refractivity contribution >= 4 is 46.3 Å². The minimum absolute atomic E-state index is 0.177. The zero-order valence-electron chi connectivity index (χ0n) is 13.5. The Morgan fingerprint density at radius 3 is 2.62 bits per heavy atom. The summed E-state index contributed by atoms with van der Waals surface area (Å²) in [6.07, 6.45) is 6.00. The van der Waals surface area contributed by atoms with Crippen LogP contribution in [0.25, 0.3) is 6.08 Å². The van der Waals surface area contributed by atoms with E-state index < -0.39 is 12.0 Å². The van der Waals surface area contributed by atoms with Crippen molar-refractivity contribution in [3.63, 3.8) is 0 Å². The molecule has 2 atom stereocenters. The third-order valence-corrected chi connectivity index (χ3v) is 5.22. The minimum Gasteiger partial charge on any atom is -0.480 e. The van der Waals surface area contributed by atoms with Crippen LogP contribution in [0.1, 0.15) is 25.8 Å². The van der Waals surface area contributed by atoms with Gasteiger partial charge in [0.2, 0.25) is 0 Å². The molecule has 0 aliphatic carbocycles. The van der Waals surface area contributed by atoms with Crippen LogP contribution in [-0.2, 0) is 9.59 Å². The Labute approximate surface area is 151 Å². The van der Waals surface area contributed by atoms with E-state index in [0.717, 1.165) is 17.3 Å². The zero-order chi connectivity index (χ0) is 17.7. The third-order valence-electron chi connectivity index (χ3n) is 3.87. The van der Waals surface area contributed by atoms with E-state index in [9.17, 15) is 14.7 Å². The van der Waals surface area contributed by atoms with Crippen LogP contribution in [-0.4, -0.2) is 32.2 Å². The van der Waals surface area contributed by atoms with Gasteiger partial charge in [0, 0.05) is 0 Å². The second kappa shape index (κ2) is 8.26. The highest BCUT2D eigenvalue weighted by molar-refractivity contribution is 8.26. The highest BCUT2D eigenvalue weighted by Crippen LogP contribution is 2.34. The third kappa shape index (κ3) is 4.13. The van der Waals surface area contributed by atoms with Crippen molar-refractivity contribution in [2.75, 3.05) is 0 Å². The Kier molecular flexibility index (Phi) is 6.34. The van der Waals surface area contributed by atoms with E-state index >= 15 is 0 Å². The van der Waals surface area contributed by atoms with Crippen LogP contribution >= 0.6 is 24.0 Å². The summed E-state index contributed by atoms with van der Waals surface area (Å²) in [4.78, 5) is 25.8. The first-order valence-corrected chi connectivity index (χ1v) is 8.89. The van der Waals surface area contributed by atoms with Gasteiger partial charge < -0.3 is 5.11 Å². The second-order valence-corrected chi connectivity index (χ2v) is 7.19. The maximum atomic E-state index is 12.6. The average Bonchev–Trinajstić information content (AvgIpc) is 2.83. The molecule has 0 aromatic heterocycles. The molecular weight excluding hydrogens is 342 g/mol. The highest BCUT2D eigenvalue weighted by Gasteiger charge is 2.42. The summed E-state index contributed by atoms with van der Waals surface area (Å²) in [6, 6.07) is 8.79. The molecule has 1 aliphatic rings. The van der Waals surface area contributed by atoms with Crippen molar-refractivity contribution in [3.05, 3.63) is 53.0 Å². The molecule has 1 aromatic rings. The van der Waals surface area contributed by atoms with E-state index in [1.54, 1.807) is 12.2 Å². The predicted molar refractivity (Wildman–Crippen MR) is 101 cm³/mol. The lowest BCUT2D eigenvalue weighted by Gasteiger charge is -2.27. The number of amides is 1. The van der Waals surface area contributed by atoms with Gasteiger partial charge in [-0.1, -0.05) is 86.7 Å². The number of nitrogens with zero attached hydrogens (tertiary/aromatic N) is 1. The molecular formula is C18H19NO3S2. The van der Waals surface area contributed by atoms with Crippen molar-refractivity contribution in [1.82, 2.24) is 4.90 Å². The minimum atomic E-state index is -1.03. The largest absolute Gasteiger partial charge is 0.480 e. The fraction of sp³-hybridized carbons (Fsp3) is 0.278. The first-order valence-electron chi connectivity index (χ1n) is 7.67. The molecule has 1 heterocycles. The molecule has 6 heteroatoms. The molecule has 1 saturated heterocycles. The number of aliphatic carboxylic acids is 1. The Bertz CT molecular complexity index is 697. The number of carboxylic acids is 1. The number of thioether (sulfide) groups is 1. The summed E-state index contributed by atoms with van der Waals surface area (Å²) < 4.78 is 0.298. The molecule has 1 fully saturated rings. The molecule has 0 spiro atoms. The van der Waals surface area contributed by atoms with Gasteiger partial charge in [0.1, 0.15) is 10.4 Å². The molecule has 1 aliphatic heterocycles. The summed E-state index contributed by atoms with van der Waals surface area (Å²) in [7, 11) is 0. The van der Waals surface area contributed by atoms with Gasteiger partial charge in [-0.25, -0.2) is 4.79 Å². The van der Waals surface area contributed by atoms with Gasteiger partial charge >= 0.3 is 5.97 Å². The molecule has 24 heavy (non-hydrogen) atoms. The van der Waals surface area contributed by atoms with Gasteiger partial charge in [-0.15, -0.1) is 0 Å². The number of carbonyl (C=O) groups excluding carboxylic acids is 1. The van der Waals surface area contributed by atoms with E-state index in [2.05, 4.69) is 0 Å². The van der Waals surface area contributed by atoms with Gasteiger partial charge in [0.05, 0.1) is 4.91 Å². The van der Waals surface area contributed by atoms with E-state index in [1.807, 2.05) is 50.3 Å². The number of thiocarbonyl (C=S) groups is 1. The van der Waals surface area contributed by atoms with Gasteiger partial charge in [-0.2, -0.15) is 0 Å². The lowest BCUT2D eigenvalue weighted by Crippen LogP contribution is -2.47. The number of rotatable bonds is 6. The summed E-state index contributed by atoms with van der Waals surface area (Å²) in [5.74, 6) is -1.54. The SMILES string of the molecule is CCC(C)C(C(=O)O)N1C(=O)/C(=C/C=C/c2ccccc2)SC1=S. The van der Waals surface area contributed by atoms with Crippen LogP contribution in [0.15, 0.2) is 47.4 Å². The van der Waals surface area contributed by atoms with Crippen LogP contribution < -0.4 is 0 Å². The fourth-order valence-corrected chi connectivity index (χ4v) is 3.66. The summed E-state index contributed by atoms with van der Waals surface area (Å²) in [5, 5.41) is 9.49. The normalized spacial score (nSPS) is 19.2. The number of allylic oxidation sites excluding steroid dienone is 2. The van der Waals surface area contributed by atoms with E-state index in [4.69, 9.17) is 12.2 Å². The first-order chi connectivity index (χ1) is 11.5. The average molecular weight is 361 g/mol. The van der Waals surface area contributed by atoms with Crippen LogP contribution in [0, 0.1) is 5.92 Å². The van der Waals surface area contributed by atoms with Crippen LogP contribution in [0.3, 0.4) is 0 Å². The summed E-state index contributed by atoms with van der Waals surface area (Å²) in [5.41, 5.74) is 1.02. The van der Waals surface area contributed by atoms with Crippen LogP contribution in [0.5, 0.6) is 0 Å². The van der Waals surface area contributed by atoms with Gasteiger partial charge in [-0.05, 0) is 17.6 Å². The van der Waals surface area contributed by atoms with Crippen molar-refractivity contribution in [2.24, 2.45) is 5.92 Å². The first kappa shape index (κ1) is 18.4. The van der Waals surface area contributed by atoms with Crippen LogP contribution in [0.4, 0.5) is 0 Å². The fourth-order valence-electron chi connectivity index (χ4n) is 2.38. The summed E-state index contributed by atoms with van der Waals surface area (Å²) >= 11 is 6.39. The van der Waals surface area contributed by atoms with E-state index in [-0.39, 0.29) is 11.8 Å². The van der Waals surface area contributed by atoms with Crippen molar-refractivity contribution in [1.29, 1.82) is 0 Å². The molecule has 0 radical (unpaired) electrons. The molecule has 1 N–H and O–H groups in total. The van der Waals surface area contributed by atoms with Crippen molar-refractivity contribution in [3.8, 4) is 0 Å². The molecule has 1 amide bonds. The Morgan fingerprint density at radius 2 is 2.04 bits per heavy atom. The monoisotopic (exact) mass is 361 g/mol. The number of carbonyl (C=O) groups is 2. The predicted octanol–water partition coefficient (Wildman–Crippen LogP) is 3.94. The van der Waals surface area contributed by atoms with Crippen LogP contribution in [0.2, 0.25) is 0 Å². The molecule has 126 valence electrons. The quantitative estimate of drug-likeness (QED) is 0.614. The number of benzene rings is 1.